The van der Waals surface area contributed by atoms with Crippen LogP contribution in [-0.2, 0) is 0 Å². The molecule has 66 valence electrons. The van der Waals surface area contributed by atoms with E-state index in [2.05, 4.69) is 5.32 Å². The van der Waals surface area contributed by atoms with Crippen LogP contribution in [0.25, 0.3) is 0 Å². The van der Waals surface area contributed by atoms with Crippen molar-refractivity contribution in [3.8, 4) is 0 Å². The zero-order valence-electron chi connectivity index (χ0n) is 7.05. The lowest BCUT2D eigenvalue weighted by molar-refractivity contribution is 0.195. The molecule has 1 saturated heterocycles. The van der Waals surface area contributed by atoms with Gasteiger partial charge in [0.2, 0.25) is 0 Å². The van der Waals surface area contributed by atoms with Gasteiger partial charge in [0.25, 0.3) is 0 Å². The maximum Gasteiger partial charge on any atom is 0.0628 e. The van der Waals surface area contributed by atoms with E-state index >= 15 is 0 Å². The van der Waals surface area contributed by atoms with Crippen LogP contribution in [-0.4, -0.2) is 35.8 Å². The Bertz CT molecular complexity index is 102. The predicted octanol–water partition coefficient (Wildman–Crippen LogP) is 0.710. The standard InChI is InChI=1S/C8H17NOS/c1-2-8(10)6-11-5-7-3-9-4-7/h7-10H,2-6H2,1H3. The highest BCUT2D eigenvalue weighted by Gasteiger charge is 2.16. The van der Waals surface area contributed by atoms with E-state index < -0.39 is 0 Å². The molecule has 1 aliphatic rings. The van der Waals surface area contributed by atoms with Crippen molar-refractivity contribution in [2.75, 3.05) is 24.6 Å². The Morgan fingerprint density at radius 3 is 2.82 bits per heavy atom. The highest BCUT2D eigenvalue weighted by Crippen LogP contribution is 2.13. The molecule has 0 aliphatic carbocycles. The van der Waals surface area contributed by atoms with Crippen molar-refractivity contribution >= 4 is 11.8 Å². The van der Waals surface area contributed by atoms with E-state index in [1.54, 1.807) is 0 Å². The third-order valence-electron chi connectivity index (χ3n) is 2.00. The van der Waals surface area contributed by atoms with Gasteiger partial charge < -0.3 is 10.4 Å². The average Bonchev–Trinajstić information content (AvgIpc) is 1.94. The molecule has 2 nitrogen and oxygen atoms in total. The molecule has 0 aromatic rings. The first-order valence-corrected chi connectivity index (χ1v) is 5.45. The molecule has 1 atom stereocenters. The van der Waals surface area contributed by atoms with Gasteiger partial charge >= 0.3 is 0 Å². The summed E-state index contributed by atoms with van der Waals surface area (Å²) in [5.41, 5.74) is 0. The van der Waals surface area contributed by atoms with Gasteiger partial charge in [-0.05, 0) is 31.2 Å². The van der Waals surface area contributed by atoms with Crippen molar-refractivity contribution in [1.82, 2.24) is 5.32 Å². The molecule has 1 rings (SSSR count). The molecule has 0 radical (unpaired) electrons. The van der Waals surface area contributed by atoms with Gasteiger partial charge in [-0.25, -0.2) is 0 Å². The van der Waals surface area contributed by atoms with E-state index in [9.17, 15) is 5.11 Å². The first kappa shape index (κ1) is 9.36. The van der Waals surface area contributed by atoms with Crippen LogP contribution >= 0.6 is 11.8 Å². The number of hydrogen-bond acceptors (Lipinski definition) is 3. The molecule has 0 bridgehead atoms. The number of rotatable bonds is 5. The Balaban J connectivity index is 1.86. The molecule has 0 saturated carbocycles. The Labute approximate surface area is 72.8 Å². The van der Waals surface area contributed by atoms with Gasteiger partial charge in [0, 0.05) is 5.75 Å². The number of thioether (sulfide) groups is 1. The molecule has 0 amide bonds. The smallest absolute Gasteiger partial charge is 0.0628 e. The van der Waals surface area contributed by atoms with Crippen LogP contribution < -0.4 is 5.32 Å². The van der Waals surface area contributed by atoms with Crippen LogP contribution in [0, 0.1) is 5.92 Å². The molecule has 1 heterocycles. The van der Waals surface area contributed by atoms with E-state index in [0.717, 1.165) is 18.1 Å². The zero-order valence-corrected chi connectivity index (χ0v) is 7.86. The second kappa shape index (κ2) is 5.01. The van der Waals surface area contributed by atoms with Crippen LogP contribution in [0.1, 0.15) is 13.3 Å². The van der Waals surface area contributed by atoms with Gasteiger partial charge in [-0.2, -0.15) is 11.8 Å². The van der Waals surface area contributed by atoms with Crippen molar-refractivity contribution in [3.63, 3.8) is 0 Å². The number of aliphatic hydroxyl groups excluding tert-OH is 1. The molecule has 3 heteroatoms. The second-order valence-electron chi connectivity index (χ2n) is 3.12. The fraction of sp³-hybridized carbons (Fsp3) is 1.00. The lowest BCUT2D eigenvalue weighted by Gasteiger charge is -2.26. The van der Waals surface area contributed by atoms with Gasteiger partial charge in [0.05, 0.1) is 6.10 Å². The summed E-state index contributed by atoms with van der Waals surface area (Å²) in [6.07, 6.45) is 0.795. The molecule has 1 fully saturated rings. The Morgan fingerprint density at radius 2 is 2.36 bits per heavy atom. The summed E-state index contributed by atoms with van der Waals surface area (Å²) in [7, 11) is 0. The molecule has 0 aromatic carbocycles. The van der Waals surface area contributed by atoms with E-state index in [1.807, 2.05) is 18.7 Å². The quantitative estimate of drug-likeness (QED) is 0.645. The van der Waals surface area contributed by atoms with Crippen molar-refractivity contribution in [1.29, 1.82) is 0 Å². The van der Waals surface area contributed by atoms with E-state index in [0.29, 0.717) is 0 Å². The van der Waals surface area contributed by atoms with Crippen molar-refractivity contribution in [2.45, 2.75) is 19.4 Å². The van der Waals surface area contributed by atoms with Crippen LogP contribution in [0.2, 0.25) is 0 Å². The maximum absolute atomic E-state index is 9.23. The minimum atomic E-state index is -0.0898. The predicted molar refractivity (Wildman–Crippen MR) is 50.0 cm³/mol. The second-order valence-corrected chi connectivity index (χ2v) is 4.20. The largest absolute Gasteiger partial charge is 0.392 e. The molecule has 0 spiro atoms. The fourth-order valence-corrected chi connectivity index (χ4v) is 2.17. The first-order valence-electron chi connectivity index (χ1n) is 4.29. The highest BCUT2D eigenvalue weighted by molar-refractivity contribution is 7.99. The monoisotopic (exact) mass is 175 g/mol. The Hall–Kier alpha value is 0.270. The summed E-state index contributed by atoms with van der Waals surface area (Å²) in [5.74, 6) is 2.99. The minimum absolute atomic E-state index is 0.0898. The summed E-state index contributed by atoms with van der Waals surface area (Å²) in [6.45, 7) is 4.38. The van der Waals surface area contributed by atoms with E-state index in [1.165, 1.54) is 18.8 Å². The average molecular weight is 175 g/mol. The van der Waals surface area contributed by atoms with Gasteiger partial charge in [-0.3, -0.25) is 0 Å². The lowest BCUT2D eigenvalue weighted by Crippen LogP contribution is -2.43. The summed E-state index contributed by atoms with van der Waals surface area (Å²) in [5, 5.41) is 12.5. The molecule has 0 aromatic heterocycles. The van der Waals surface area contributed by atoms with Gasteiger partial charge in [-0.1, -0.05) is 6.92 Å². The third kappa shape index (κ3) is 3.45. The first-order chi connectivity index (χ1) is 5.33. The third-order valence-corrected chi connectivity index (χ3v) is 3.33. The molecule has 1 aliphatic heterocycles. The van der Waals surface area contributed by atoms with Crippen molar-refractivity contribution in [2.24, 2.45) is 5.92 Å². The molecular formula is C8H17NOS. The molecular weight excluding hydrogens is 158 g/mol. The number of nitrogens with one attached hydrogen (secondary N) is 1. The van der Waals surface area contributed by atoms with Crippen LogP contribution in [0.3, 0.4) is 0 Å². The van der Waals surface area contributed by atoms with Gasteiger partial charge in [-0.15, -0.1) is 0 Å². The summed E-state index contributed by atoms with van der Waals surface area (Å²) in [6, 6.07) is 0. The Kier molecular flexibility index (Phi) is 4.26. The lowest BCUT2D eigenvalue weighted by atomic mass is 10.1. The van der Waals surface area contributed by atoms with Crippen LogP contribution in [0.4, 0.5) is 0 Å². The van der Waals surface area contributed by atoms with E-state index in [4.69, 9.17) is 0 Å². The SMILES string of the molecule is CCC(O)CSCC1CNC1. The normalized spacial score (nSPS) is 21.3. The van der Waals surface area contributed by atoms with Gasteiger partial charge in [0.1, 0.15) is 0 Å². The summed E-state index contributed by atoms with van der Waals surface area (Å²) in [4.78, 5) is 0. The summed E-state index contributed by atoms with van der Waals surface area (Å²) >= 11 is 1.88. The Morgan fingerprint density at radius 1 is 1.64 bits per heavy atom. The number of hydrogen-bond donors (Lipinski definition) is 2. The fourth-order valence-electron chi connectivity index (χ4n) is 0.955. The molecule has 11 heavy (non-hydrogen) atoms. The highest BCUT2D eigenvalue weighted by atomic mass is 32.2. The number of aliphatic hydroxyl groups is 1. The zero-order chi connectivity index (χ0) is 8.10. The van der Waals surface area contributed by atoms with E-state index in [-0.39, 0.29) is 6.10 Å². The van der Waals surface area contributed by atoms with Gasteiger partial charge in [0.15, 0.2) is 0 Å². The maximum atomic E-state index is 9.23. The topological polar surface area (TPSA) is 32.3 Å². The van der Waals surface area contributed by atoms with Crippen LogP contribution in [0.5, 0.6) is 0 Å². The summed E-state index contributed by atoms with van der Waals surface area (Å²) < 4.78 is 0. The van der Waals surface area contributed by atoms with Crippen molar-refractivity contribution in [3.05, 3.63) is 0 Å². The molecule has 2 N–H and O–H groups in total. The van der Waals surface area contributed by atoms with Crippen LogP contribution in [0.15, 0.2) is 0 Å². The van der Waals surface area contributed by atoms with Crippen molar-refractivity contribution < 1.29 is 5.11 Å². The minimum Gasteiger partial charge on any atom is -0.392 e. The molecule has 1 unspecified atom stereocenters.